The van der Waals surface area contributed by atoms with Crippen LogP contribution < -0.4 is 0 Å². The van der Waals surface area contributed by atoms with Gasteiger partial charge in [-0.2, -0.15) is 13.2 Å². The Hall–Kier alpha value is -0.290. The zero-order chi connectivity index (χ0) is 24.9. The van der Waals surface area contributed by atoms with Crippen molar-refractivity contribution < 1.29 is 23.4 Å². The Morgan fingerprint density at radius 1 is 0.971 bits per heavy atom. The summed E-state index contributed by atoms with van der Waals surface area (Å²) in [6.07, 6.45) is 5.84. The molecule has 196 valence electrons. The van der Waals surface area contributed by atoms with Crippen LogP contribution in [0.1, 0.15) is 105 Å². The Morgan fingerprint density at radius 2 is 1.68 bits per heavy atom. The third kappa shape index (κ3) is 3.63. The largest absolute Gasteiger partial charge is 0.416 e. The molecule has 5 rings (SSSR count). The number of hydrogen-bond acceptors (Lipinski definition) is 2. The maximum atomic E-state index is 13.3. The third-order valence-corrected chi connectivity index (χ3v) is 12.7. The molecular weight excluding hydrogens is 437 g/mol. The van der Waals surface area contributed by atoms with Gasteiger partial charge in [-0.15, -0.1) is 0 Å². The number of hydrogen-bond donors (Lipinski definition) is 2. The van der Waals surface area contributed by atoms with E-state index in [-0.39, 0.29) is 17.8 Å². The first kappa shape index (κ1) is 25.4. The van der Waals surface area contributed by atoms with Crippen LogP contribution in [-0.4, -0.2) is 27.6 Å². The quantitative estimate of drug-likeness (QED) is 0.428. The van der Waals surface area contributed by atoms with E-state index in [0.29, 0.717) is 29.6 Å². The zero-order valence-electron chi connectivity index (χ0n) is 21.9. The zero-order valence-corrected chi connectivity index (χ0v) is 21.9. The lowest BCUT2D eigenvalue weighted by molar-refractivity contribution is -0.256. The predicted octanol–water partition coefficient (Wildman–Crippen LogP) is 7.37. The molecule has 0 bridgehead atoms. The van der Waals surface area contributed by atoms with Crippen molar-refractivity contribution in [3.05, 3.63) is 0 Å². The summed E-state index contributed by atoms with van der Waals surface area (Å²) in [5.41, 5.74) is -2.48. The summed E-state index contributed by atoms with van der Waals surface area (Å²) < 4.78 is 39.8. The molecule has 0 saturated heterocycles. The standard InChI is InChI=1S/C29H47F3O2/c1-6-28(34)14-13-25(3)18(16-28)7-8-19-22(25)10-11-26(4)23(20-15-21(20)24(19)26)17(2)9-12-27(5,33)29(30,31)32/h17-24,33-34H,6-16H2,1-5H3/t17-,18+,19-,20-,21+,22+,23+,24-,25+,26-,27+,28+/m1/s1. The van der Waals surface area contributed by atoms with Gasteiger partial charge in [-0.1, -0.05) is 27.7 Å². The molecule has 5 saturated carbocycles. The van der Waals surface area contributed by atoms with Crippen molar-refractivity contribution >= 4 is 0 Å². The van der Waals surface area contributed by atoms with Gasteiger partial charge in [-0.25, -0.2) is 0 Å². The maximum Gasteiger partial charge on any atom is 0.416 e. The molecule has 2 nitrogen and oxygen atoms in total. The van der Waals surface area contributed by atoms with E-state index in [0.717, 1.165) is 56.3 Å². The minimum atomic E-state index is -4.56. The number of rotatable bonds is 5. The van der Waals surface area contributed by atoms with Gasteiger partial charge in [0.2, 0.25) is 0 Å². The van der Waals surface area contributed by atoms with Crippen molar-refractivity contribution in [2.45, 2.75) is 123 Å². The van der Waals surface area contributed by atoms with Crippen molar-refractivity contribution in [3.63, 3.8) is 0 Å². The Labute approximate surface area is 204 Å². The fourth-order valence-electron chi connectivity index (χ4n) is 10.6. The Morgan fingerprint density at radius 3 is 2.32 bits per heavy atom. The Kier molecular flexibility index (Phi) is 5.86. The molecule has 0 heterocycles. The van der Waals surface area contributed by atoms with Crippen molar-refractivity contribution in [1.82, 2.24) is 0 Å². The fourth-order valence-corrected chi connectivity index (χ4v) is 10.6. The highest BCUT2D eigenvalue weighted by Crippen LogP contribution is 2.77. The van der Waals surface area contributed by atoms with E-state index in [4.69, 9.17) is 0 Å². The average Bonchev–Trinajstić information content (AvgIpc) is 3.46. The molecule has 5 heteroatoms. The molecule has 0 unspecified atom stereocenters. The highest BCUT2D eigenvalue weighted by atomic mass is 19.4. The Bertz CT molecular complexity index is 795. The second-order valence-corrected chi connectivity index (χ2v) is 14.3. The highest BCUT2D eigenvalue weighted by Gasteiger charge is 2.71. The molecule has 5 fully saturated rings. The second kappa shape index (κ2) is 7.85. The average molecular weight is 485 g/mol. The van der Waals surface area contributed by atoms with Gasteiger partial charge in [0.25, 0.3) is 0 Å². The van der Waals surface area contributed by atoms with Crippen LogP contribution in [0.2, 0.25) is 0 Å². The minimum absolute atomic E-state index is 0.196. The van der Waals surface area contributed by atoms with Crippen LogP contribution in [-0.2, 0) is 0 Å². The molecule has 2 N–H and O–H groups in total. The van der Waals surface area contributed by atoms with Gasteiger partial charge in [0.05, 0.1) is 5.60 Å². The lowest BCUT2D eigenvalue weighted by Crippen LogP contribution is -2.56. The first-order valence-corrected chi connectivity index (χ1v) is 14.2. The van der Waals surface area contributed by atoms with Gasteiger partial charge < -0.3 is 10.2 Å². The monoisotopic (exact) mass is 484 g/mol. The number of fused-ring (bicyclic) bond motifs is 7. The molecule has 0 radical (unpaired) electrons. The normalized spacial score (nSPS) is 52.6. The van der Waals surface area contributed by atoms with E-state index in [1.807, 2.05) is 0 Å². The van der Waals surface area contributed by atoms with Crippen molar-refractivity contribution in [3.8, 4) is 0 Å². The highest BCUT2D eigenvalue weighted by molar-refractivity contribution is 5.19. The molecule has 0 aromatic heterocycles. The lowest BCUT2D eigenvalue weighted by Gasteiger charge is -2.63. The molecular formula is C29H47F3O2. The van der Waals surface area contributed by atoms with Crippen molar-refractivity contribution in [2.75, 3.05) is 0 Å². The molecule has 34 heavy (non-hydrogen) atoms. The predicted molar refractivity (Wildman–Crippen MR) is 128 cm³/mol. The minimum Gasteiger partial charge on any atom is -0.390 e. The van der Waals surface area contributed by atoms with E-state index in [1.54, 1.807) is 0 Å². The number of alkyl halides is 3. The van der Waals surface area contributed by atoms with Crippen LogP contribution in [0.15, 0.2) is 0 Å². The summed E-state index contributed by atoms with van der Waals surface area (Å²) in [5, 5.41) is 21.1. The third-order valence-electron chi connectivity index (χ3n) is 12.7. The molecule has 5 aliphatic carbocycles. The number of halogens is 3. The van der Waals surface area contributed by atoms with E-state index in [9.17, 15) is 23.4 Å². The summed E-state index contributed by atoms with van der Waals surface area (Å²) in [6, 6.07) is 0. The molecule has 0 aromatic carbocycles. The van der Waals surface area contributed by atoms with Gasteiger partial charge >= 0.3 is 6.18 Å². The molecule has 0 spiro atoms. The van der Waals surface area contributed by atoms with Gasteiger partial charge in [-0.3, -0.25) is 0 Å². The molecule has 12 atom stereocenters. The van der Waals surface area contributed by atoms with Gasteiger partial charge in [0.1, 0.15) is 0 Å². The molecule has 5 aliphatic rings. The van der Waals surface area contributed by atoms with Crippen LogP contribution in [0.3, 0.4) is 0 Å². The first-order chi connectivity index (χ1) is 15.7. The summed E-state index contributed by atoms with van der Waals surface area (Å²) >= 11 is 0. The second-order valence-electron chi connectivity index (χ2n) is 14.3. The first-order valence-electron chi connectivity index (χ1n) is 14.2. The lowest BCUT2D eigenvalue weighted by atomic mass is 9.42. The van der Waals surface area contributed by atoms with Crippen LogP contribution in [0.4, 0.5) is 13.2 Å². The van der Waals surface area contributed by atoms with E-state index >= 15 is 0 Å². The number of aliphatic hydroxyl groups is 2. The van der Waals surface area contributed by atoms with Crippen LogP contribution in [0.5, 0.6) is 0 Å². The van der Waals surface area contributed by atoms with Gasteiger partial charge in [0.15, 0.2) is 5.60 Å². The van der Waals surface area contributed by atoms with Gasteiger partial charge in [-0.05, 0) is 136 Å². The van der Waals surface area contributed by atoms with Crippen LogP contribution in [0.25, 0.3) is 0 Å². The van der Waals surface area contributed by atoms with Gasteiger partial charge in [0, 0.05) is 0 Å². The summed E-state index contributed by atoms with van der Waals surface area (Å²) in [5.74, 6) is 5.01. The Balaban J connectivity index is 1.33. The molecule has 0 aliphatic heterocycles. The van der Waals surface area contributed by atoms with Crippen molar-refractivity contribution in [1.29, 1.82) is 0 Å². The van der Waals surface area contributed by atoms with Crippen LogP contribution in [0, 0.1) is 58.2 Å². The molecule has 0 aromatic rings. The summed E-state index contributed by atoms with van der Waals surface area (Å²) in [6.45, 7) is 10.2. The summed E-state index contributed by atoms with van der Waals surface area (Å²) in [4.78, 5) is 0. The fraction of sp³-hybridized carbons (Fsp3) is 1.00. The maximum absolute atomic E-state index is 13.3. The SMILES string of the molecule is CC[C@]1(O)CC[C@@]2(C)[C@@H](CC[C@H]3[C@@H]4[C@H]5C[C@H]5[C@H]([C@H](C)CC[C@](C)(O)C(F)(F)F)[C@@]4(C)CC[C@@H]32)C1. The molecule has 0 amide bonds. The topological polar surface area (TPSA) is 40.5 Å². The smallest absolute Gasteiger partial charge is 0.390 e. The van der Waals surface area contributed by atoms with E-state index < -0.39 is 17.4 Å². The van der Waals surface area contributed by atoms with Crippen LogP contribution >= 0.6 is 0 Å². The van der Waals surface area contributed by atoms with Crippen molar-refractivity contribution in [2.24, 2.45) is 58.2 Å². The summed E-state index contributed by atoms with van der Waals surface area (Å²) in [7, 11) is 0. The van der Waals surface area contributed by atoms with E-state index in [1.165, 1.54) is 32.1 Å². The van der Waals surface area contributed by atoms with E-state index in [2.05, 4.69) is 27.7 Å².